The lowest BCUT2D eigenvalue weighted by Gasteiger charge is -2.27. The van der Waals surface area contributed by atoms with Crippen LogP contribution in [-0.2, 0) is 11.2 Å². The number of nitrogens with one attached hydrogen (secondary N) is 1. The van der Waals surface area contributed by atoms with Gasteiger partial charge in [-0.15, -0.1) is 0 Å². The van der Waals surface area contributed by atoms with Crippen LogP contribution in [0.25, 0.3) is 0 Å². The van der Waals surface area contributed by atoms with Crippen molar-refractivity contribution in [3.05, 3.63) is 34.3 Å². The predicted octanol–water partition coefficient (Wildman–Crippen LogP) is 2.37. The average molecular weight is 270 g/mol. The molecule has 1 fully saturated rings. The lowest BCUT2D eigenvalue weighted by Crippen LogP contribution is -2.36. The molecule has 1 N–H and O–H groups in total. The largest absolute Gasteiger partial charge is 0.377 e. The summed E-state index contributed by atoms with van der Waals surface area (Å²) in [6, 6.07) is 8.36. The Kier molecular flexibility index (Phi) is 3.44. The van der Waals surface area contributed by atoms with Gasteiger partial charge < -0.3 is 10.1 Å². The van der Waals surface area contributed by atoms with Crippen molar-refractivity contribution in [2.75, 3.05) is 20.2 Å². The highest BCUT2D eigenvalue weighted by Crippen LogP contribution is 2.27. The molecule has 3 heteroatoms. The molecule has 1 aromatic carbocycles. The van der Waals surface area contributed by atoms with Gasteiger partial charge in [-0.3, -0.25) is 0 Å². The van der Waals surface area contributed by atoms with E-state index in [0.29, 0.717) is 0 Å². The van der Waals surface area contributed by atoms with Crippen LogP contribution in [0, 0.1) is 0 Å². The Morgan fingerprint density at radius 1 is 1.47 bits per heavy atom. The standard InChI is InChI=1S/C12H16BrNO/c1-15-12(6-7-14-9-12)8-10-4-2-3-5-11(10)13/h2-5,14H,6-9H2,1H3. The Bertz CT molecular complexity index is 334. The number of methoxy groups -OCH3 is 1. The lowest BCUT2D eigenvalue weighted by atomic mass is 9.93. The number of hydrogen-bond acceptors (Lipinski definition) is 2. The molecule has 0 aliphatic carbocycles. The summed E-state index contributed by atoms with van der Waals surface area (Å²) in [6.07, 6.45) is 2.06. The van der Waals surface area contributed by atoms with Crippen molar-refractivity contribution in [1.82, 2.24) is 5.32 Å². The minimum atomic E-state index is -0.0100. The van der Waals surface area contributed by atoms with E-state index in [9.17, 15) is 0 Å². The van der Waals surface area contributed by atoms with Crippen molar-refractivity contribution in [3.8, 4) is 0 Å². The molecule has 0 spiro atoms. The number of rotatable bonds is 3. The van der Waals surface area contributed by atoms with Gasteiger partial charge in [-0.05, 0) is 24.6 Å². The second-order valence-corrected chi connectivity index (χ2v) is 4.94. The Balaban J connectivity index is 2.16. The lowest BCUT2D eigenvalue weighted by molar-refractivity contribution is 0.00763. The van der Waals surface area contributed by atoms with Crippen LogP contribution in [0.3, 0.4) is 0 Å². The maximum absolute atomic E-state index is 5.67. The number of halogens is 1. The minimum absolute atomic E-state index is 0.0100. The zero-order valence-corrected chi connectivity index (χ0v) is 10.5. The van der Waals surface area contributed by atoms with Gasteiger partial charge in [0, 0.05) is 24.5 Å². The summed E-state index contributed by atoms with van der Waals surface area (Å²) in [6.45, 7) is 2.00. The second kappa shape index (κ2) is 4.64. The van der Waals surface area contributed by atoms with E-state index < -0.39 is 0 Å². The van der Waals surface area contributed by atoms with Crippen molar-refractivity contribution in [2.45, 2.75) is 18.4 Å². The smallest absolute Gasteiger partial charge is 0.0855 e. The Morgan fingerprint density at radius 3 is 2.87 bits per heavy atom. The van der Waals surface area contributed by atoms with Crippen molar-refractivity contribution >= 4 is 15.9 Å². The third-order valence-electron chi connectivity index (χ3n) is 3.11. The highest BCUT2D eigenvalue weighted by Gasteiger charge is 2.34. The van der Waals surface area contributed by atoms with Crippen LogP contribution in [0.1, 0.15) is 12.0 Å². The van der Waals surface area contributed by atoms with Crippen molar-refractivity contribution < 1.29 is 4.74 Å². The van der Waals surface area contributed by atoms with Crippen LogP contribution in [-0.4, -0.2) is 25.8 Å². The molecule has 1 atom stereocenters. The molecule has 0 amide bonds. The van der Waals surface area contributed by atoms with Crippen molar-refractivity contribution in [2.24, 2.45) is 0 Å². The van der Waals surface area contributed by atoms with E-state index in [1.807, 2.05) is 13.2 Å². The third kappa shape index (κ3) is 2.41. The molecule has 1 unspecified atom stereocenters. The topological polar surface area (TPSA) is 21.3 Å². The van der Waals surface area contributed by atoms with E-state index in [1.165, 1.54) is 10.0 Å². The first-order valence-electron chi connectivity index (χ1n) is 5.25. The molecule has 0 bridgehead atoms. The van der Waals surface area contributed by atoms with Gasteiger partial charge in [0.15, 0.2) is 0 Å². The van der Waals surface area contributed by atoms with Gasteiger partial charge in [0.2, 0.25) is 0 Å². The fraction of sp³-hybridized carbons (Fsp3) is 0.500. The maximum Gasteiger partial charge on any atom is 0.0855 e. The summed E-state index contributed by atoms with van der Waals surface area (Å²) in [7, 11) is 1.81. The first-order valence-corrected chi connectivity index (χ1v) is 6.04. The molecule has 0 aromatic heterocycles. The van der Waals surface area contributed by atoms with Gasteiger partial charge >= 0.3 is 0 Å². The van der Waals surface area contributed by atoms with E-state index >= 15 is 0 Å². The average Bonchev–Trinajstić information content (AvgIpc) is 2.71. The van der Waals surface area contributed by atoms with Gasteiger partial charge in [-0.1, -0.05) is 34.1 Å². The monoisotopic (exact) mass is 269 g/mol. The van der Waals surface area contributed by atoms with E-state index in [-0.39, 0.29) is 5.60 Å². The highest BCUT2D eigenvalue weighted by molar-refractivity contribution is 9.10. The summed E-state index contributed by atoms with van der Waals surface area (Å²) in [5.74, 6) is 0. The van der Waals surface area contributed by atoms with Gasteiger partial charge in [0.05, 0.1) is 5.60 Å². The Labute approximate surface area is 99.1 Å². The molecular weight excluding hydrogens is 254 g/mol. The molecule has 0 saturated carbocycles. The fourth-order valence-corrected chi connectivity index (χ4v) is 2.53. The Hall–Kier alpha value is -0.380. The molecule has 1 aliphatic rings. The summed E-state index contributed by atoms with van der Waals surface area (Å²) < 4.78 is 6.85. The van der Waals surface area contributed by atoms with Gasteiger partial charge in [0.25, 0.3) is 0 Å². The zero-order valence-electron chi connectivity index (χ0n) is 8.92. The first kappa shape index (κ1) is 11.1. The van der Waals surface area contributed by atoms with E-state index in [0.717, 1.165) is 25.9 Å². The van der Waals surface area contributed by atoms with Crippen LogP contribution in [0.15, 0.2) is 28.7 Å². The SMILES string of the molecule is COC1(Cc2ccccc2Br)CCNC1. The third-order valence-corrected chi connectivity index (χ3v) is 3.88. The molecule has 82 valence electrons. The van der Waals surface area contributed by atoms with E-state index in [1.54, 1.807) is 0 Å². The molecule has 1 aliphatic heterocycles. The highest BCUT2D eigenvalue weighted by atomic mass is 79.9. The van der Waals surface area contributed by atoms with Crippen LogP contribution in [0.4, 0.5) is 0 Å². The molecule has 1 aromatic rings. The zero-order chi connectivity index (χ0) is 10.7. The van der Waals surface area contributed by atoms with Gasteiger partial charge in [-0.2, -0.15) is 0 Å². The number of hydrogen-bond donors (Lipinski definition) is 1. The van der Waals surface area contributed by atoms with Crippen LogP contribution in [0.2, 0.25) is 0 Å². The minimum Gasteiger partial charge on any atom is -0.377 e. The maximum atomic E-state index is 5.67. The summed E-state index contributed by atoms with van der Waals surface area (Å²) in [4.78, 5) is 0. The number of benzene rings is 1. The normalized spacial score (nSPS) is 25.7. The van der Waals surface area contributed by atoms with Gasteiger partial charge in [-0.25, -0.2) is 0 Å². The molecule has 1 saturated heterocycles. The van der Waals surface area contributed by atoms with Crippen LogP contribution in [0.5, 0.6) is 0 Å². The molecular formula is C12H16BrNO. The first-order chi connectivity index (χ1) is 7.26. The fourth-order valence-electron chi connectivity index (χ4n) is 2.11. The number of ether oxygens (including phenoxy) is 1. The molecule has 0 radical (unpaired) electrons. The molecule has 2 rings (SSSR count). The van der Waals surface area contributed by atoms with E-state index in [4.69, 9.17) is 4.74 Å². The summed E-state index contributed by atoms with van der Waals surface area (Å²) in [5.41, 5.74) is 1.31. The van der Waals surface area contributed by atoms with Crippen LogP contribution < -0.4 is 5.32 Å². The Morgan fingerprint density at radius 2 is 2.27 bits per heavy atom. The van der Waals surface area contributed by atoms with Crippen LogP contribution >= 0.6 is 15.9 Å². The van der Waals surface area contributed by atoms with Gasteiger partial charge in [0.1, 0.15) is 0 Å². The summed E-state index contributed by atoms with van der Waals surface area (Å²) in [5, 5.41) is 3.36. The van der Waals surface area contributed by atoms with Crippen molar-refractivity contribution in [3.63, 3.8) is 0 Å². The predicted molar refractivity (Wildman–Crippen MR) is 65.1 cm³/mol. The van der Waals surface area contributed by atoms with Crippen molar-refractivity contribution in [1.29, 1.82) is 0 Å². The quantitative estimate of drug-likeness (QED) is 0.910. The summed E-state index contributed by atoms with van der Waals surface area (Å²) >= 11 is 3.58. The molecule has 15 heavy (non-hydrogen) atoms. The molecule has 2 nitrogen and oxygen atoms in total. The molecule has 1 heterocycles. The second-order valence-electron chi connectivity index (χ2n) is 4.08. The van der Waals surface area contributed by atoms with E-state index in [2.05, 4.69) is 39.4 Å².